The number of benzene rings is 1. The van der Waals surface area contributed by atoms with Crippen LogP contribution in [0.3, 0.4) is 0 Å². The molecule has 1 rings (SSSR count). The predicted octanol–water partition coefficient (Wildman–Crippen LogP) is 3.27. The summed E-state index contributed by atoms with van der Waals surface area (Å²) in [5.74, 6) is -0.926. The van der Waals surface area contributed by atoms with Gasteiger partial charge < -0.3 is 10.4 Å². The van der Waals surface area contributed by atoms with Crippen molar-refractivity contribution >= 4 is 23.3 Å². The molecule has 0 aliphatic carbocycles. The maximum Gasteiger partial charge on any atom is 0.329 e. The van der Waals surface area contributed by atoms with Gasteiger partial charge in [-0.2, -0.15) is 5.26 Å². The van der Waals surface area contributed by atoms with Crippen LogP contribution in [-0.2, 0) is 4.79 Å². The van der Waals surface area contributed by atoms with Gasteiger partial charge in [0.2, 0.25) is 0 Å². The average Bonchev–Trinajstić information content (AvgIpc) is 2.32. The van der Waals surface area contributed by atoms with Crippen molar-refractivity contribution < 1.29 is 9.90 Å². The largest absolute Gasteiger partial charge is 0.480 e. The summed E-state index contributed by atoms with van der Waals surface area (Å²) in [6, 6.07) is 6.71. The molecule has 96 valence electrons. The van der Waals surface area contributed by atoms with E-state index in [0.29, 0.717) is 22.7 Å². The van der Waals surface area contributed by atoms with Gasteiger partial charge in [-0.25, -0.2) is 4.79 Å². The van der Waals surface area contributed by atoms with Crippen molar-refractivity contribution in [3.8, 4) is 6.07 Å². The van der Waals surface area contributed by atoms with Crippen LogP contribution >= 0.6 is 11.6 Å². The van der Waals surface area contributed by atoms with Crippen LogP contribution in [0.5, 0.6) is 0 Å². The molecule has 0 aromatic heterocycles. The number of carboxylic acids is 1. The molecule has 0 aliphatic heterocycles. The molecule has 0 radical (unpaired) electrons. The summed E-state index contributed by atoms with van der Waals surface area (Å²) in [7, 11) is 0. The number of nitrogens with one attached hydrogen (secondary N) is 1. The molecule has 0 saturated heterocycles. The van der Waals surface area contributed by atoms with Gasteiger partial charge in [-0.15, -0.1) is 0 Å². The second kappa shape index (κ2) is 5.74. The Morgan fingerprint density at radius 1 is 1.61 bits per heavy atom. The summed E-state index contributed by atoms with van der Waals surface area (Å²) in [4.78, 5) is 11.3. The van der Waals surface area contributed by atoms with Gasteiger partial charge in [-0.1, -0.05) is 24.9 Å². The number of halogens is 1. The Balaban J connectivity index is 3.02. The maximum atomic E-state index is 11.3. The van der Waals surface area contributed by atoms with Crippen molar-refractivity contribution in [3.63, 3.8) is 0 Å². The maximum absolute atomic E-state index is 11.3. The molecular formula is C13H15ClN2O2. The quantitative estimate of drug-likeness (QED) is 0.858. The van der Waals surface area contributed by atoms with E-state index >= 15 is 0 Å². The van der Waals surface area contributed by atoms with Gasteiger partial charge in [0, 0.05) is 0 Å². The molecule has 0 spiro atoms. The molecule has 0 aliphatic rings. The zero-order valence-corrected chi connectivity index (χ0v) is 11.1. The predicted molar refractivity (Wildman–Crippen MR) is 70.7 cm³/mol. The van der Waals surface area contributed by atoms with Crippen molar-refractivity contribution in [1.82, 2.24) is 0 Å². The SMILES string of the molecule is CCCC(C)(Nc1ccc(C#N)cc1Cl)C(=O)O. The molecular weight excluding hydrogens is 252 g/mol. The number of anilines is 1. The Morgan fingerprint density at radius 2 is 2.28 bits per heavy atom. The van der Waals surface area contributed by atoms with Crippen molar-refractivity contribution in [2.45, 2.75) is 32.2 Å². The molecule has 1 aromatic rings. The number of hydrogen-bond donors (Lipinski definition) is 2. The van der Waals surface area contributed by atoms with Gasteiger partial charge >= 0.3 is 5.97 Å². The smallest absolute Gasteiger partial charge is 0.329 e. The second-order valence-electron chi connectivity index (χ2n) is 4.32. The van der Waals surface area contributed by atoms with Gasteiger partial charge in [0.05, 0.1) is 22.3 Å². The van der Waals surface area contributed by atoms with Gasteiger partial charge in [0.15, 0.2) is 0 Å². The third-order valence-corrected chi connectivity index (χ3v) is 3.04. The molecule has 0 bridgehead atoms. The Labute approximate surface area is 111 Å². The highest BCUT2D eigenvalue weighted by atomic mass is 35.5. The average molecular weight is 267 g/mol. The Bertz CT molecular complexity index is 496. The van der Waals surface area contributed by atoms with E-state index in [1.165, 1.54) is 6.07 Å². The molecule has 0 amide bonds. The summed E-state index contributed by atoms with van der Waals surface area (Å²) in [5, 5.41) is 21.3. The third-order valence-electron chi connectivity index (χ3n) is 2.73. The van der Waals surface area contributed by atoms with Crippen molar-refractivity contribution in [3.05, 3.63) is 28.8 Å². The van der Waals surface area contributed by atoms with Gasteiger partial charge in [0.25, 0.3) is 0 Å². The summed E-state index contributed by atoms with van der Waals surface area (Å²) in [6.07, 6.45) is 1.22. The topological polar surface area (TPSA) is 73.1 Å². The fraction of sp³-hybridized carbons (Fsp3) is 0.385. The van der Waals surface area contributed by atoms with Crippen molar-refractivity contribution in [2.24, 2.45) is 0 Å². The summed E-state index contributed by atoms with van der Waals surface area (Å²) >= 11 is 6.01. The second-order valence-corrected chi connectivity index (χ2v) is 4.73. The van der Waals surface area contributed by atoms with E-state index in [-0.39, 0.29) is 0 Å². The highest BCUT2D eigenvalue weighted by Crippen LogP contribution is 2.28. The van der Waals surface area contributed by atoms with Gasteiger partial charge in [-0.05, 0) is 31.5 Å². The fourth-order valence-corrected chi connectivity index (χ4v) is 1.93. The molecule has 1 unspecified atom stereocenters. The number of hydrogen-bond acceptors (Lipinski definition) is 3. The number of nitriles is 1. The van der Waals surface area contributed by atoms with Crippen molar-refractivity contribution in [1.29, 1.82) is 5.26 Å². The first-order chi connectivity index (χ1) is 8.42. The van der Waals surface area contributed by atoms with Gasteiger partial charge in [-0.3, -0.25) is 0 Å². The molecule has 18 heavy (non-hydrogen) atoms. The highest BCUT2D eigenvalue weighted by molar-refractivity contribution is 6.33. The number of aliphatic carboxylic acids is 1. The lowest BCUT2D eigenvalue weighted by atomic mass is 9.96. The first-order valence-electron chi connectivity index (χ1n) is 5.64. The molecule has 2 N–H and O–H groups in total. The first kappa shape index (κ1) is 14.3. The van der Waals surface area contributed by atoms with E-state index in [1.807, 2.05) is 13.0 Å². The summed E-state index contributed by atoms with van der Waals surface area (Å²) in [6.45, 7) is 3.54. The Morgan fingerprint density at radius 3 is 2.72 bits per heavy atom. The minimum Gasteiger partial charge on any atom is -0.480 e. The Kier molecular flexibility index (Phi) is 4.57. The van der Waals surface area contributed by atoms with Crippen LogP contribution in [-0.4, -0.2) is 16.6 Å². The normalized spacial score (nSPS) is 13.4. The minimum atomic E-state index is -1.06. The van der Waals surface area contributed by atoms with Crippen LogP contribution in [0.1, 0.15) is 32.3 Å². The molecule has 0 saturated carbocycles. The van der Waals surface area contributed by atoms with Crippen LogP contribution in [0, 0.1) is 11.3 Å². The van der Waals surface area contributed by atoms with E-state index in [2.05, 4.69) is 5.32 Å². The molecule has 1 atom stereocenters. The Hall–Kier alpha value is -1.73. The lowest BCUT2D eigenvalue weighted by molar-refractivity contribution is -0.141. The van der Waals surface area contributed by atoms with E-state index in [9.17, 15) is 9.90 Å². The lowest BCUT2D eigenvalue weighted by Gasteiger charge is -2.27. The van der Waals surface area contributed by atoms with Crippen molar-refractivity contribution in [2.75, 3.05) is 5.32 Å². The summed E-state index contributed by atoms with van der Waals surface area (Å²) < 4.78 is 0. The fourth-order valence-electron chi connectivity index (χ4n) is 1.71. The number of nitrogens with zero attached hydrogens (tertiary/aromatic N) is 1. The minimum absolute atomic E-state index is 0.345. The van der Waals surface area contributed by atoms with Crippen LogP contribution < -0.4 is 5.32 Å². The number of rotatable bonds is 5. The van der Waals surface area contributed by atoms with E-state index in [1.54, 1.807) is 19.1 Å². The standard InChI is InChI=1S/C13H15ClN2O2/c1-3-6-13(2,12(17)18)16-11-5-4-9(8-15)7-10(11)14/h4-5,7,16H,3,6H2,1-2H3,(H,17,18). The monoisotopic (exact) mass is 266 g/mol. The molecule has 4 nitrogen and oxygen atoms in total. The molecule has 0 heterocycles. The summed E-state index contributed by atoms with van der Waals surface area (Å²) in [5.41, 5.74) is -0.0981. The molecule has 0 fully saturated rings. The van der Waals surface area contributed by atoms with Crippen LogP contribution in [0.25, 0.3) is 0 Å². The number of carboxylic acid groups (broad SMARTS) is 1. The lowest BCUT2D eigenvalue weighted by Crippen LogP contribution is -2.43. The van der Waals surface area contributed by atoms with E-state index < -0.39 is 11.5 Å². The van der Waals surface area contributed by atoms with E-state index in [4.69, 9.17) is 16.9 Å². The van der Waals surface area contributed by atoms with Crippen LogP contribution in [0.4, 0.5) is 5.69 Å². The van der Waals surface area contributed by atoms with E-state index in [0.717, 1.165) is 6.42 Å². The molecule has 1 aromatic carbocycles. The third kappa shape index (κ3) is 3.14. The zero-order valence-electron chi connectivity index (χ0n) is 10.3. The van der Waals surface area contributed by atoms with Gasteiger partial charge in [0.1, 0.15) is 5.54 Å². The first-order valence-corrected chi connectivity index (χ1v) is 6.02. The highest BCUT2D eigenvalue weighted by Gasteiger charge is 2.32. The zero-order chi connectivity index (χ0) is 13.8. The number of carbonyl (C=O) groups is 1. The molecule has 5 heteroatoms. The van der Waals surface area contributed by atoms with Crippen LogP contribution in [0.15, 0.2) is 18.2 Å². The van der Waals surface area contributed by atoms with Crippen LogP contribution in [0.2, 0.25) is 5.02 Å².